The van der Waals surface area contributed by atoms with Gasteiger partial charge in [-0.15, -0.1) is 0 Å². The first-order valence-corrected chi connectivity index (χ1v) is 10.1. The molecule has 0 saturated carbocycles. The van der Waals surface area contributed by atoms with Gasteiger partial charge in [-0.25, -0.2) is 0 Å². The second kappa shape index (κ2) is 8.05. The molecule has 2 unspecified atom stereocenters. The number of carbonyl (C=O) groups excluding carboxylic acids is 2. The zero-order valence-electron chi connectivity index (χ0n) is 17.4. The molecular formula is C21H33N3O3. The van der Waals surface area contributed by atoms with Crippen molar-refractivity contribution in [3.8, 4) is 0 Å². The Labute approximate surface area is 162 Å². The summed E-state index contributed by atoms with van der Waals surface area (Å²) in [5.74, 6) is 2.94. The number of piperazine rings is 1. The van der Waals surface area contributed by atoms with Crippen molar-refractivity contribution in [1.29, 1.82) is 0 Å². The van der Waals surface area contributed by atoms with Crippen molar-refractivity contribution in [3.63, 3.8) is 0 Å². The Hall–Kier alpha value is -1.82. The molecule has 3 rings (SSSR count). The van der Waals surface area contributed by atoms with Crippen LogP contribution in [0.3, 0.4) is 0 Å². The standard InChI is InChI=1S/C21H33N3O3/c1-14-10-15(2)12-24(11-14)19(25)13-22-6-8-23(9-7-22)21(26)20-16(3)17(4)27-18(20)5/h14-15H,6-13H2,1-5H3. The van der Waals surface area contributed by atoms with Crippen LogP contribution >= 0.6 is 0 Å². The van der Waals surface area contributed by atoms with Crippen LogP contribution in [-0.2, 0) is 4.79 Å². The minimum atomic E-state index is 0.0477. The van der Waals surface area contributed by atoms with Crippen molar-refractivity contribution >= 4 is 11.8 Å². The van der Waals surface area contributed by atoms with Crippen molar-refractivity contribution in [2.75, 3.05) is 45.8 Å². The molecule has 27 heavy (non-hydrogen) atoms. The van der Waals surface area contributed by atoms with E-state index in [0.717, 1.165) is 37.5 Å². The minimum Gasteiger partial charge on any atom is -0.466 e. The van der Waals surface area contributed by atoms with Crippen molar-refractivity contribution < 1.29 is 14.0 Å². The zero-order valence-corrected chi connectivity index (χ0v) is 17.4. The Bertz CT molecular complexity index is 694. The van der Waals surface area contributed by atoms with Crippen molar-refractivity contribution in [3.05, 3.63) is 22.6 Å². The maximum atomic E-state index is 12.9. The molecule has 0 bridgehead atoms. The van der Waals surface area contributed by atoms with E-state index >= 15 is 0 Å². The van der Waals surface area contributed by atoms with Crippen LogP contribution in [0.5, 0.6) is 0 Å². The fraction of sp³-hybridized carbons (Fsp3) is 0.714. The first-order valence-electron chi connectivity index (χ1n) is 10.1. The molecule has 6 nitrogen and oxygen atoms in total. The van der Waals surface area contributed by atoms with Crippen molar-refractivity contribution in [2.45, 2.75) is 41.0 Å². The lowest BCUT2D eigenvalue weighted by Crippen LogP contribution is -2.53. The maximum Gasteiger partial charge on any atom is 0.257 e. The van der Waals surface area contributed by atoms with Gasteiger partial charge in [-0.3, -0.25) is 14.5 Å². The van der Waals surface area contributed by atoms with E-state index in [1.807, 2.05) is 30.6 Å². The summed E-state index contributed by atoms with van der Waals surface area (Å²) in [6, 6.07) is 0. The molecule has 2 amide bonds. The van der Waals surface area contributed by atoms with E-state index < -0.39 is 0 Å². The lowest BCUT2D eigenvalue weighted by atomic mass is 9.92. The molecular weight excluding hydrogens is 342 g/mol. The fourth-order valence-corrected chi connectivity index (χ4v) is 4.53. The van der Waals surface area contributed by atoms with Gasteiger partial charge in [0, 0.05) is 44.8 Å². The highest BCUT2D eigenvalue weighted by molar-refractivity contribution is 5.97. The van der Waals surface area contributed by atoms with Crippen LogP contribution in [0.25, 0.3) is 0 Å². The Balaban J connectivity index is 1.53. The summed E-state index contributed by atoms with van der Waals surface area (Å²) >= 11 is 0. The number of hydrogen-bond donors (Lipinski definition) is 0. The first kappa shape index (κ1) is 19.9. The van der Waals surface area contributed by atoms with Gasteiger partial charge in [0.1, 0.15) is 11.5 Å². The van der Waals surface area contributed by atoms with Gasteiger partial charge in [0.2, 0.25) is 5.91 Å². The monoisotopic (exact) mass is 375 g/mol. The molecule has 1 aromatic heterocycles. The third kappa shape index (κ3) is 4.37. The average Bonchev–Trinajstić information content (AvgIpc) is 2.86. The molecule has 3 heterocycles. The molecule has 0 N–H and O–H groups in total. The molecule has 0 aromatic carbocycles. The molecule has 0 radical (unpaired) electrons. The van der Waals surface area contributed by atoms with E-state index in [1.165, 1.54) is 6.42 Å². The Morgan fingerprint density at radius 1 is 0.926 bits per heavy atom. The van der Waals surface area contributed by atoms with Crippen molar-refractivity contribution in [1.82, 2.24) is 14.7 Å². The largest absolute Gasteiger partial charge is 0.466 e. The summed E-state index contributed by atoms with van der Waals surface area (Å²) in [5.41, 5.74) is 1.64. The predicted molar refractivity (Wildman–Crippen MR) is 105 cm³/mol. The third-order valence-electron chi connectivity index (χ3n) is 6.02. The number of carbonyl (C=O) groups is 2. The Morgan fingerprint density at radius 2 is 1.52 bits per heavy atom. The van der Waals surface area contributed by atoms with Crippen LogP contribution in [0.4, 0.5) is 0 Å². The molecule has 2 aliphatic rings. The molecule has 6 heteroatoms. The van der Waals surface area contributed by atoms with E-state index in [-0.39, 0.29) is 11.8 Å². The zero-order chi connectivity index (χ0) is 19.7. The minimum absolute atomic E-state index is 0.0477. The summed E-state index contributed by atoms with van der Waals surface area (Å²) in [5, 5.41) is 0. The van der Waals surface area contributed by atoms with Crippen LogP contribution in [0.15, 0.2) is 4.42 Å². The van der Waals surface area contributed by atoms with E-state index in [2.05, 4.69) is 18.7 Å². The van der Waals surface area contributed by atoms with Gasteiger partial charge < -0.3 is 14.2 Å². The number of amides is 2. The van der Waals surface area contributed by atoms with Gasteiger partial charge >= 0.3 is 0 Å². The highest BCUT2D eigenvalue weighted by atomic mass is 16.3. The van der Waals surface area contributed by atoms with E-state index in [1.54, 1.807) is 0 Å². The van der Waals surface area contributed by atoms with Crippen molar-refractivity contribution in [2.24, 2.45) is 11.8 Å². The number of hydrogen-bond acceptors (Lipinski definition) is 4. The fourth-order valence-electron chi connectivity index (χ4n) is 4.53. The number of furan rings is 1. The van der Waals surface area contributed by atoms with Gasteiger partial charge in [0.15, 0.2) is 0 Å². The third-order valence-corrected chi connectivity index (χ3v) is 6.02. The van der Waals surface area contributed by atoms with E-state index in [4.69, 9.17) is 4.42 Å². The van der Waals surface area contributed by atoms with Crippen LogP contribution < -0.4 is 0 Å². The normalized spacial score (nSPS) is 24.3. The van der Waals surface area contributed by atoms with Gasteiger partial charge in [0.05, 0.1) is 12.1 Å². The van der Waals surface area contributed by atoms with Crippen LogP contribution in [-0.4, -0.2) is 72.3 Å². The van der Waals surface area contributed by atoms with Gasteiger partial charge in [-0.1, -0.05) is 13.8 Å². The van der Waals surface area contributed by atoms with E-state index in [0.29, 0.717) is 42.8 Å². The molecule has 1 aromatic rings. The molecule has 2 aliphatic heterocycles. The summed E-state index contributed by atoms with van der Waals surface area (Å²) in [6.07, 6.45) is 1.21. The van der Waals surface area contributed by atoms with Gasteiger partial charge in [-0.05, 0) is 39.0 Å². The SMILES string of the molecule is Cc1oc(C)c(C(=O)N2CCN(CC(=O)N3CC(C)CC(C)C3)CC2)c1C. The second-order valence-corrected chi connectivity index (χ2v) is 8.53. The Morgan fingerprint density at radius 3 is 2.04 bits per heavy atom. The number of aryl methyl sites for hydroxylation is 2. The van der Waals surface area contributed by atoms with Gasteiger partial charge in [0.25, 0.3) is 5.91 Å². The van der Waals surface area contributed by atoms with E-state index in [9.17, 15) is 9.59 Å². The Kier molecular flexibility index (Phi) is 5.94. The number of rotatable bonds is 3. The van der Waals surface area contributed by atoms with Crippen LogP contribution in [0.2, 0.25) is 0 Å². The lowest BCUT2D eigenvalue weighted by Gasteiger charge is -2.38. The first-order chi connectivity index (χ1) is 12.8. The van der Waals surface area contributed by atoms with Crippen LogP contribution in [0.1, 0.15) is 47.7 Å². The molecule has 0 spiro atoms. The molecule has 2 atom stereocenters. The molecule has 2 fully saturated rings. The second-order valence-electron chi connectivity index (χ2n) is 8.53. The lowest BCUT2D eigenvalue weighted by molar-refractivity contribution is -0.135. The highest BCUT2D eigenvalue weighted by Gasteiger charge is 2.30. The van der Waals surface area contributed by atoms with Crippen LogP contribution in [0, 0.1) is 32.6 Å². The summed E-state index contributed by atoms with van der Waals surface area (Å²) in [4.78, 5) is 31.6. The number of piperidine rings is 1. The highest BCUT2D eigenvalue weighted by Crippen LogP contribution is 2.23. The average molecular weight is 376 g/mol. The molecule has 2 saturated heterocycles. The quantitative estimate of drug-likeness (QED) is 0.814. The smallest absolute Gasteiger partial charge is 0.257 e. The topological polar surface area (TPSA) is 57.0 Å². The summed E-state index contributed by atoms with van der Waals surface area (Å²) in [7, 11) is 0. The maximum absolute atomic E-state index is 12.9. The number of likely N-dealkylation sites (tertiary alicyclic amines) is 1. The van der Waals surface area contributed by atoms with Gasteiger partial charge in [-0.2, -0.15) is 0 Å². The molecule has 0 aliphatic carbocycles. The molecule has 150 valence electrons. The summed E-state index contributed by atoms with van der Waals surface area (Å²) < 4.78 is 5.61. The predicted octanol–water partition coefficient (Wildman–Crippen LogP) is 2.47. The summed E-state index contributed by atoms with van der Waals surface area (Å²) in [6.45, 7) is 15.1. The number of nitrogens with zero attached hydrogens (tertiary/aromatic N) is 3.